The molecule has 7 nitrogen and oxygen atoms in total. The van der Waals surface area contributed by atoms with Crippen LogP contribution in [0.5, 0.6) is 0 Å². The second-order valence-electron chi connectivity index (χ2n) is 5.78. The van der Waals surface area contributed by atoms with Gasteiger partial charge in [-0.25, -0.2) is 0 Å². The summed E-state index contributed by atoms with van der Waals surface area (Å²) in [6.45, 7) is 1.90. The quantitative estimate of drug-likeness (QED) is 0.782. The van der Waals surface area contributed by atoms with Gasteiger partial charge in [0.25, 0.3) is 0 Å². The van der Waals surface area contributed by atoms with Crippen LogP contribution in [0.2, 0.25) is 0 Å². The Bertz CT molecular complexity index is 713. The van der Waals surface area contributed by atoms with E-state index in [1.54, 1.807) is 24.3 Å². The van der Waals surface area contributed by atoms with E-state index in [9.17, 15) is 18.0 Å². The zero-order valence-corrected chi connectivity index (χ0v) is 14.2. The summed E-state index contributed by atoms with van der Waals surface area (Å²) >= 11 is 0. The Kier molecular flexibility index (Phi) is 4.76. The zero-order valence-electron chi connectivity index (χ0n) is 13.4. The fraction of sp³-hybridized carbons (Fsp3) is 0.467. The average Bonchev–Trinajstić information content (AvgIpc) is 2.48. The number of piperidine rings is 1. The maximum absolute atomic E-state index is 12.3. The van der Waals surface area contributed by atoms with Gasteiger partial charge < -0.3 is 0 Å². The first kappa shape index (κ1) is 17.4. The highest BCUT2D eigenvalue weighted by atomic mass is 32.2. The van der Waals surface area contributed by atoms with Crippen LogP contribution in [0, 0.1) is 0 Å². The third-order valence-corrected chi connectivity index (χ3v) is 5.69. The number of nitrogens with one attached hydrogen (secondary N) is 2. The van der Waals surface area contributed by atoms with Gasteiger partial charge in [-0.05, 0) is 30.5 Å². The summed E-state index contributed by atoms with van der Waals surface area (Å²) in [6, 6.07) is 6.70. The largest absolute Gasteiger partial charge is 0.301 e. The number of anilines is 1. The van der Waals surface area contributed by atoms with Crippen molar-refractivity contribution in [3.05, 3.63) is 29.8 Å². The highest BCUT2D eigenvalue weighted by Gasteiger charge is 2.42. The first-order valence-corrected chi connectivity index (χ1v) is 8.80. The van der Waals surface area contributed by atoms with Crippen molar-refractivity contribution in [2.45, 2.75) is 31.6 Å². The van der Waals surface area contributed by atoms with Crippen molar-refractivity contribution in [3.8, 4) is 0 Å². The van der Waals surface area contributed by atoms with E-state index < -0.39 is 15.6 Å². The molecule has 0 bridgehead atoms. The lowest BCUT2D eigenvalue weighted by Gasteiger charge is -2.35. The highest BCUT2D eigenvalue weighted by molar-refractivity contribution is 7.90. The van der Waals surface area contributed by atoms with Gasteiger partial charge >= 0.3 is 10.2 Å². The summed E-state index contributed by atoms with van der Waals surface area (Å²) < 4.78 is 27.1. The van der Waals surface area contributed by atoms with Crippen LogP contribution in [0.3, 0.4) is 0 Å². The molecule has 8 heteroatoms. The molecule has 1 aliphatic heterocycles. The molecule has 0 saturated carbocycles. The van der Waals surface area contributed by atoms with Crippen LogP contribution in [0.1, 0.15) is 31.7 Å². The topological polar surface area (TPSA) is 95.6 Å². The number of benzene rings is 1. The van der Waals surface area contributed by atoms with Crippen LogP contribution in [0.15, 0.2) is 24.3 Å². The van der Waals surface area contributed by atoms with Crippen molar-refractivity contribution >= 4 is 27.7 Å². The molecule has 2 amide bonds. The van der Waals surface area contributed by atoms with E-state index in [4.69, 9.17) is 0 Å². The van der Waals surface area contributed by atoms with E-state index in [2.05, 4.69) is 10.0 Å². The van der Waals surface area contributed by atoms with Gasteiger partial charge in [-0.3, -0.25) is 19.6 Å². The molecule has 1 heterocycles. The molecule has 1 aromatic rings. The highest BCUT2D eigenvalue weighted by Crippen LogP contribution is 2.36. The molecule has 1 aliphatic rings. The van der Waals surface area contributed by atoms with Crippen LogP contribution in [0.4, 0.5) is 5.69 Å². The Morgan fingerprint density at radius 1 is 1.22 bits per heavy atom. The first-order valence-electron chi connectivity index (χ1n) is 7.36. The molecule has 1 saturated heterocycles. The monoisotopic (exact) mass is 339 g/mol. The number of imide groups is 1. The second-order valence-corrected chi connectivity index (χ2v) is 7.66. The summed E-state index contributed by atoms with van der Waals surface area (Å²) in [4.78, 5) is 23.7. The molecule has 2 N–H and O–H groups in total. The van der Waals surface area contributed by atoms with E-state index in [-0.39, 0.29) is 11.8 Å². The SMILES string of the molecule is CC[C@@]1(c2ccc(NS(=O)(=O)N(C)C)cc2)CCC(=O)NC1=O. The smallest absolute Gasteiger partial charge is 0.296 e. The maximum Gasteiger partial charge on any atom is 0.301 e. The number of nitrogens with zero attached hydrogens (tertiary/aromatic N) is 1. The third kappa shape index (κ3) is 3.37. The number of hydrogen-bond donors (Lipinski definition) is 2. The summed E-state index contributed by atoms with van der Waals surface area (Å²) in [5.74, 6) is -0.549. The summed E-state index contributed by atoms with van der Waals surface area (Å²) in [5, 5.41) is 2.39. The van der Waals surface area contributed by atoms with Crippen molar-refractivity contribution in [1.82, 2.24) is 9.62 Å². The minimum absolute atomic E-state index is 0.255. The number of rotatable bonds is 5. The van der Waals surface area contributed by atoms with Gasteiger partial charge in [0.15, 0.2) is 0 Å². The molecule has 0 aromatic heterocycles. The average molecular weight is 339 g/mol. The van der Waals surface area contributed by atoms with Gasteiger partial charge in [0.2, 0.25) is 11.8 Å². The molecule has 1 atom stereocenters. The van der Waals surface area contributed by atoms with E-state index in [0.29, 0.717) is 24.9 Å². The standard InChI is InChI=1S/C15H21N3O4S/c1-4-15(10-9-13(19)16-14(15)20)11-5-7-12(8-6-11)17-23(21,22)18(2)3/h5-8,17H,4,9-10H2,1-3H3,(H,16,19,20)/t15-/m0/s1. The predicted octanol–water partition coefficient (Wildman–Crippen LogP) is 0.989. The van der Waals surface area contributed by atoms with Crippen LogP contribution < -0.4 is 10.0 Å². The second kappa shape index (κ2) is 6.29. The normalized spacial score (nSPS) is 22.1. The Hall–Kier alpha value is -1.93. The maximum atomic E-state index is 12.3. The molecule has 1 fully saturated rings. The number of carbonyl (C=O) groups is 2. The fourth-order valence-corrected chi connectivity index (χ4v) is 3.28. The molecular weight excluding hydrogens is 318 g/mol. The minimum Gasteiger partial charge on any atom is -0.296 e. The van der Waals surface area contributed by atoms with Crippen molar-refractivity contribution < 1.29 is 18.0 Å². The van der Waals surface area contributed by atoms with Crippen molar-refractivity contribution in [2.24, 2.45) is 0 Å². The van der Waals surface area contributed by atoms with Crippen molar-refractivity contribution in [1.29, 1.82) is 0 Å². The zero-order chi connectivity index (χ0) is 17.3. The van der Waals surface area contributed by atoms with Gasteiger partial charge in [0.05, 0.1) is 5.41 Å². The number of carbonyl (C=O) groups excluding carboxylic acids is 2. The van der Waals surface area contributed by atoms with Gasteiger partial charge in [0.1, 0.15) is 0 Å². The molecule has 0 spiro atoms. The predicted molar refractivity (Wildman–Crippen MR) is 87.0 cm³/mol. The first-order chi connectivity index (χ1) is 10.7. The molecule has 126 valence electrons. The van der Waals surface area contributed by atoms with E-state index in [0.717, 1.165) is 9.87 Å². The van der Waals surface area contributed by atoms with Crippen molar-refractivity contribution in [3.63, 3.8) is 0 Å². The summed E-state index contributed by atoms with van der Waals surface area (Å²) in [6.07, 6.45) is 1.32. The molecular formula is C15H21N3O4S. The van der Waals surface area contributed by atoms with Gasteiger partial charge in [-0.2, -0.15) is 12.7 Å². The molecule has 1 aromatic carbocycles. The Morgan fingerprint density at radius 3 is 2.30 bits per heavy atom. The molecule has 0 radical (unpaired) electrons. The van der Waals surface area contributed by atoms with E-state index >= 15 is 0 Å². The van der Waals surface area contributed by atoms with Crippen molar-refractivity contribution in [2.75, 3.05) is 18.8 Å². The minimum atomic E-state index is -3.57. The third-order valence-electron chi connectivity index (χ3n) is 4.24. The summed E-state index contributed by atoms with van der Waals surface area (Å²) in [5.41, 5.74) is 0.450. The van der Waals surface area contributed by atoms with Crippen LogP contribution >= 0.6 is 0 Å². The van der Waals surface area contributed by atoms with Crippen LogP contribution in [-0.4, -0.2) is 38.6 Å². The van der Waals surface area contributed by atoms with Gasteiger partial charge in [0, 0.05) is 26.2 Å². The lowest BCUT2D eigenvalue weighted by atomic mass is 9.72. The van der Waals surface area contributed by atoms with E-state index in [1.807, 2.05) is 6.92 Å². The van der Waals surface area contributed by atoms with E-state index in [1.165, 1.54) is 14.1 Å². The molecule has 0 aliphatic carbocycles. The lowest BCUT2D eigenvalue weighted by molar-refractivity contribution is -0.138. The molecule has 0 unspecified atom stereocenters. The lowest BCUT2D eigenvalue weighted by Crippen LogP contribution is -2.51. The Balaban J connectivity index is 2.28. The Morgan fingerprint density at radius 2 is 1.83 bits per heavy atom. The number of amides is 2. The van der Waals surface area contributed by atoms with Crippen LogP contribution in [-0.2, 0) is 25.2 Å². The number of hydrogen-bond acceptors (Lipinski definition) is 4. The fourth-order valence-electron chi connectivity index (χ4n) is 2.66. The Labute approximate surface area is 136 Å². The van der Waals surface area contributed by atoms with Gasteiger partial charge in [-0.1, -0.05) is 19.1 Å². The molecule has 23 heavy (non-hydrogen) atoms. The molecule has 2 rings (SSSR count). The van der Waals surface area contributed by atoms with Gasteiger partial charge in [-0.15, -0.1) is 0 Å². The van der Waals surface area contributed by atoms with Crippen LogP contribution in [0.25, 0.3) is 0 Å². The summed E-state index contributed by atoms with van der Waals surface area (Å²) in [7, 11) is -0.695.